The Balaban J connectivity index is 2.44. The van der Waals surface area contributed by atoms with Crippen LogP contribution in [-0.2, 0) is 11.3 Å². The van der Waals surface area contributed by atoms with Crippen molar-refractivity contribution < 1.29 is 9.47 Å². The molecule has 2 heteroatoms. The van der Waals surface area contributed by atoms with Gasteiger partial charge in [0.15, 0.2) is 0 Å². The Bertz CT molecular complexity index is 277. The number of hydrogen-bond donors (Lipinski definition) is 0. The molecule has 84 valence electrons. The first-order valence-corrected chi connectivity index (χ1v) is 5.38. The molecule has 1 unspecified atom stereocenters. The van der Waals surface area contributed by atoms with Crippen LogP contribution in [0.25, 0.3) is 0 Å². The maximum absolute atomic E-state index is 5.72. The summed E-state index contributed by atoms with van der Waals surface area (Å²) in [5.41, 5.74) is 1.18. The molecule has 0 fully saturated rings. The van der Waals surface area contributed by atoms with Crippen molar-refractivity contribution in [3.8, 4) is 5.75 Å². The SMILES string of the molecule is COc1ccc(COC(C)C(C)C)cc1. The molecule has 0 spiro atoms. The van der Waals surface area contributed by atoms with Crippen LogP contribution < -0.4 is 4.74 Å². The van der Waals surface area contributed by atoms with Crippen LogP contribution in [-0.4, -0.2) is 13.2 Å². The van der Waals surface area contributed by atoms with Crippen molar-refractivity contribution in [1.82, 2.24) is 0 Å². The van der Waals surface area contributed by atoms with E-state index in [1.54, 1.807) is 7.11 Å². The van der Waals surface area contributed by atoms with Crippen LogP contribution in [0.4, 0.5) is 0 Å². The summed E-state index contributed by atoms with van der Waals surface area (Å²) >= 11 is 0. The van der Waals surface area contributed by atoms with E-state index in [-0.39, 0.29) is 0 Å². The van der Waals surface area contributed by atoms with Gasteiger partial charge in [-0.2, -0.15) is 0 Å². The van der Waals surface area contributed by atoms with Gasteiger partial charge in [-0.3, -0.25) is 0 Å². The number of ether oxygens (including phenoxy) is 2. The number of benzene rings is 1. The van der Waals surface area contributed by atoms with Crippen molar-refractivity contribution in [2.24, 2.45) is 5.92 Å². The van der Waals surface area contributed by atoms with Crippen molar-refractivity contribution in [2.75, 3.05) is 7.11 Å². The zero-order valence-corrected chi connectivity index (χ0v) is 9.99. The van der Waals surface area contributed by atoms with Gasteiger partial charge < -0.3 is 9.47 Å². The molecule has 0 aliphatic rings. The summed E-state index contributed by atoms with van der Waals surface area (Å²) < 4.78 is 10.8. The molecule has 15 heavy (non-hydrogen) atoms. The first-order valence-electron chi connectivity index (χ1n) is 5.38. The summed E-state index contributed by atoms with van der Waals surface area (Å²) in [5, 5.41) is 0. The van der Waals surface area contributed by atoms with Crippen molar-refractivity contribution in [3.63, 3.8) is 0 Å². The monoisotopic (exact) mass is 208 g/mol. The molecular formula is C13H20O2. The fraction of sp³-hybridized carbons (Fsp3) is 0.538. The zero-order valence-electron chi connectivity index (χ0n) is 9.99. The summed E-state index contributed by atoms with van der Waals surface area (Å²) in [4.78, 5) is 0. The lowest BCUT2D eigenvalue weighted by molar-refractivity contribution is 0.0235. The molecule has 1 aromatic carbocycles. The molecule has 1 atom stereocenters. The molecule has 0 saturated heterocycles. The van der Waals surface area contributed by atoms with E-state index in [0.717, 1.165) is 5.75 Å². The van der Waals surface area contributed by atoms with E-state index in [9.17, 15) is 0 Å². The van der Waals surface area contributed by atoms with E-state index in [1.807, 2.05) is 24.3 Å². The minimum Gasteiger partial charge on any atom is -0.497 e. The van der Waals surface area contributed by atoms with E-state index >= 15 is 0 Å². The highest BCUT2D eigenvalue weighted by Gasteiger charge is 2.06. The smallest absolute Gasteiger partial charge is 0.118 e. The minimum absolute atomic E-state index is 0.298. The Morgan fingerprint density at radius 2 is 1.67 bits per heavy atom. The van der Waals surface area contributed by atoms with Gasteiger partial charge in [-0.15, -0.1) is 0 Å². The molecule has 0 saturated carbocycles. The Morgan fingerprint density at radius 3 is 2.13 bits per heavy atom. The van der Waals surface area contributed by atoms with E-state index in [0.29, 0.717) is 18.6 Å². The number of methoxy groups -OCH3 is 1. The fourth-order valence-corrected chi connectivity index (χ4v) is 1.14. The Labute approximate surface area is 92.2 Å². The van der Waals surface area contributed by atoms with Gasteiger partial charge in [0.2, 0.25) is 0 Å². The van der Waals surface area contributed by atoms with Gasteiger partial charge in [0.1, 0.15) is 5.75 Å². The van der Waals surface area contributed by atoms with Crippen LogP contribution in [0, 0.1) is 5.92 Å². The second-order valence-electron chi connectivity index (χ2n) is 4.11. The minimum atomic E-state index is 0.298. The Hall–Kier alpha value is -1.02. The van der Waals surface area contributed by atoms with E-state index in [1.165, 1.54) is 5.56 Å². The van der Waals surface area contributed by atoms with E-state index in [2.05, 4.69) is 20.8 Å². The molecule has 0 N–H and O–H groups in total. The molecule has 0 aliphatic carbocycles. The van der Waals surface area contributed by atoms with Gasteiger partial charge in [0.05, 0.1) is 19.8 Å². The largest absolute Gasteiger partial charge is 0.497 e. The van der Waals surface area contributed by atoms with Gasteiger partial charge in [0.25, 0.3) is 0 Å². The van der Waals surface area contributed by atoms with Gasteiger partial charge in [0, 0.05) is 0 Å². The predicted molar refractivity (Wildman–Crippen MR) is 62.1 cm³/mol. The van der Waals surface area contributed by atoms with Crippen molar-refractivity contribution >= 4 is 0 Å². The topological polar surface area (TPSA) is 18.5 Å². The molecule has 0 aliphatic heterocycles. The Morgan fingerprint density at radius 1 is 1.07 bits per heavy atom. The maximum Gasteiger partial charge on any atom is 0.118 e. The lowest BCUT2D eigenvalue weighted by Gasteiger charge is -2.16. The maximum atomic E-state index is 5.72. The van der Waals surface area contributed by atoms with Crippen LogP contribution in [0.3, 0.4) is 0 Å². The molecular weight excluding hydrogens is 188 g/mol. The molecule has 0 bridgehead atoms. The highest BCUT2D eigenvalue weighted by Crippen LogP contribution is 2.14. The van der Waals surface area contributed by atoms with Crippen molar-refractivity contribution in [2.45, 2.75) is 33.5 Å². The summed E-state index contributed by atoms with van der Waals surface area (Å²) in [6.45, 7) is 7.11. The summed E-state index contributed by atoms with van der Waals surface area (Å²) in [6, 6.07) is 7.98. The second-order valence-corrected chi connectivity index (χ2v) is 4.11. The molecule has 0 heterocycles. The summed E-state index contributed by atoms with van der Waals surface area (Å²) in [7, 11) is 1.67. The molecule has 0 aromatic heterocycles. The average molecular weight is 208 g/mol. The predicted octanol–water partition coefficient (Wildman–Crippen LogP) is 3.26. The Kier molecular flexibility index (Phi) is 4.63. The average Bonchev–Trinajstić information content (AvgIpc) is 2.26. The van der Waals surface area contributed by atoms with Gasteiger partial charge in [-0.1, -0.05) is 26.0 Å². The van der Waals surface area contributed by atoms with Gasteiger partial charge in [-0.05, 0) is 30.5 Å². The quantitative estimate of drug-likeness (QED) is 0.739. The molecule has 2 nitrogen and oxygen atoms in total. The molecule has 0 amide bonds. The third-order valence-electron chi connectivity index (χ3n) is 2.61. The van der Waals surface area contributed by atoms with Crippen molar-refractivity contribution in [1.29, 1.82) is 0 Å². The van der Waals surface area contributed by atoms with Crippen LogP contribution in [0.15, 0.2) is 24.3 Å². The summed E-state index contributed by atoms with van der Waals surface area (Å²) in [5.74, 6) is 1.44. The highest BCUT2D eigenvalue weighted by molar-refractivity contribution is 5.26. The number of rotatable bonds is 5. The van der Waals surface area contributed by atoms with Gasteiger partial charge >= 0.3 is 0 Å². The first-order chi connectivity index (χ1) is 7.13. The zero-order chi connectivity index (χ0) is 11.3. The van der Waals surface area contributed by atoms with Crippen molar-refractivity contribution in [3.05, 3.63) is 29.8 Å². The van der Waals surface area contributed by atoms with Gasteiger partial charge in [-0.25, -0.2) is 0 Å². The molecule has 0 radical (unpaired) electrons. The van der Waals surface area contributed by atoms with Crippen LogP contribution >= 0.6 is 0 Å². The van der Waals surface area contributed by atoms with Crippen LogP contribution in [0.1, 0.15) is 26.3 Å². The van der Waals surface area contributed by atoms with E-state index in [4.69, 9.17) is 9.47 Å². The normalized spacial score (nSPS) is 12.9. The lowest BCUT2D eigenvalue weighted by Crippen LogP contribution is -2.14. The third-order valence-corrected chi connectivity index (χ3v) is 2.61. The standard InChI is InChI=1S/C13H20O2/c1-10(2)11(3)15-9-12-5-7-13(14-4)8-6-12/h5-8,10-11H,9H2,1-4H3. The van der Waals surface area contributed by atoms with E-state index < -0.39 is 0 Å². The second kappa shape index (κ2) is 5.76. The molecule has 1 aromatic rings. The fourth-order valence-electron chi connectivity index (χ4n) is 1.14. The number of hydrogen-bond acceptors (Lipinski definition) is 2. The lowest BCUT2D eigenvalue weighted by atomic mass is 10.1. The van der Waals surface area contributed by atoms with Crippen LogP contribution in [0.2, 0.25) is 0 Å². The summed E-state index contributed by atoms with van der Waals surface area (Å²) in [6.07, 6.45) is 0.298. The molecule has 1 rings (SSSR count). The highest BCUT2D eigenvalue weighted by atomic mass is 16.5. The van der Waals surface area contributed by atoms with Crippen LogP contribution in [0.5, 0.6) is 5.75 Å². The third kappa shape index (κ3) is 3.92. The first kappa shape index (κ1) is 12.1.